The average molecular weight is 392 g/mol. The van der Waals surface area contributed by atoms with Crippen LogP contribution in [0.1, 0.15) is 11.1 Å². The first-order chi connectivity index (χ1) is 14.0. The van der Waals surface area contributed by atoms with Crippen LogP contribution < -0.4 is 14.8 Å². The molecule has 0 saturated heterocycles. The summed E-state index contributed by atoms with van der Waals surface area (Å²) in [6.07, 6.45) is 0. The maximum Gasteiger partial charge on any atom is 0.269 e. The van der Waals surface area contributed by atoms with Gasteiger partial charge in [0.05, 0.1) is 4.92 Å². The average Bonchev–Trinajstić information content (AvgIpc) is 2.73. The highest BCUT2D eigenvalue weighted by molar-refractivity contribution is 5.91. The third-order valence-electron chi connectivity index (χ3n) is 4.11. The highest BCUT2D eigenvalue weighted by Crippen LogP contribution is 2.23. The fraction of sp³-hybridized carbons (Fsp3) is 0.136. The smallest absolute Gasteiger partial charge is 0.269 e. The summed E-state index contributed by atoms with van der Waals surface area (Å²) in [6, 6.07) is 21.1. The standard InChI is InChI=1S/C22H20N2O5/c1-16-13-19(24(26)27)9-12-21(16)29-15-22(25)23-18-7-10-20(11-8-18)28-14-17-5-3-2-4-6-17/h2-13H,14-15H2,1H3,(H,23,25). The number of amides is 1. The van der Waals surface area contributed by atoms with E-state index >= 15 is 0 Å². The van der Waals surface area contributed by atoms with Crippen LogP contribution in [0, 0.1) is 17.0 Å². The fourth-order valence-corrected chi connectivity index (χ4v) is 2.62. The number of aryl methyl sites for hydroxylation is 1. The molecule has 0 saturated carbocycles. The monoisotopic (exact) mass is 392 g/mol. The van der Waals surface area contributed by atoms with Crippen LogP contribution in [0.5, 0.6) is 11.5 Å². The molecule has 0 spiro atoms. The Hall–Kier alpha value is -3.87. The highest BCUT2D eigenvalue weighted by atomic mass is 16.6. The van der Waals surface area contributed by atoms with Gasteiger partial charge in [-0.15, -0.1) is 0 Å². The Bertz CT molecular complexity index is 988. The fourth-order valence-electron chi connectivity index (χ4n) is 2.62. The number of nitrogens with zero attached hydrogens (tertiary/aromatic N) is 1. The maximum atomic E-state index is 12.1. The van der Waals surface area contributed by atoms with E-state index in [-0.39, 0.29) is 18.2 Å². The van der Waals surface area contributed by atoms with E-state index in [1.54, 1.807) is 31.2 Å². The summed E-state index contributed by atoms with van der Waals surface area (Å²) in [6.45, 7) is 1.95. The quantitative estimate of drug-likeness (QED) is 0.450. The van der Waals surface area contributed by atoms with Crippen molar-refractivity contribution in [3.05, 3.63) is 94.0 Å². The molecule has 0 radical (unpaired) electrons. The summed E-state index contributed by atoms with van der Waals surface area (Å²) in [7, 11) is 0. The van der Waals surface area contributed by atoms with E-state index in [2.05, 4.69) is 5.32 Å². The van der Waals surface area contributed by atoms with Crippen LogP contribution in [0.2, 0.25) is 0 Å². The lowest BCUT2D eigenvalue weighted by atomic mass is 10.2. The minimum atomic E-state index is -0.475. The maximum absolute atomic E-state index is 12.1. The number of anilines is 1. The van der Waals surface area contributed by atoms with Crippen LogP contribution in [0.3, 0.4) is 0 Å². The Balaban J connectivity index is 1.48. The van der Waals surface area contributed by atoms with Crippen molar-refractivity contribution in [1.82, 2.24) is 0 Å². The number of carbonyl (C=O) groups excluding carboxylic acids is 1. The van der Waals surface area contributed by atoms with Crippen LogP contribution >= 0.6 is 0 Å². The van der Waals surface area contributed by atoms with E-state index in [0.717, 1.165) is 5.56 Å². The lowest BCUT2D eigenvalue weighted by Crippen LogP contribution is -2.20. The van der Waals surface area contributed by atoms with E-state index in [0.29, 0.717) is 29.4 Å². The molecular weight excluding hydrogens is 372 g/mol. The molecule has 0 aliphatic carbocycles. The first kappa shape index (κ1) is 19.9. The van der Waals surface area contributed by atoms with Gasteiger partial charge in [0.1, 0.15) is 18.1 Å². The second-order valence-electron chi connectivity index (χ2n) is 6.34. The van der Waals surface area contributed by atoms with Gasteiger partial charge in [0.2, 0.25) is 0 Å². The number of non-ortho nitro benzene ring substituents is 1. The molecular formula is C22H20N2O5. The SMILES string of the molecule is Cc1cc([N+](=O)[O-])ccc1OCC(=O)Nc1ccc(OCc2ccccc2)cc1. The zero-order chi connectivity index (χ0) is 20.6. The van der Waals surface area contributed by atoms with Crippen molar-refractivity contribution in [2.45, 2.75) is 13.5 Å². The van der Waals surface area contributed by atoms with Crippen LogP contribution in [0.25, 0.3) is 0 Å². The third-order valence-corrected chi connectivity index (χ3v) is 4.11. The summed E-state index contributed by atoms with van der Waals surface area (Å²) in [5.74, 6) is 0.792. The van der Waals surface area contributed by atoms with Gasteiger partial charge in [-0.2, -0.15) is 0 Å². The molecule has 7 heteroatoms. The molecule has 1 N–H and O–H groups in total. The first-order valence-electron chi connectivity index (χ1n) is 8.96. The summed E-state index contributed by atoms with van der Waals surface area (Å²) in [5.41, 5.74) is 2.26. The van der Waals surface area contributed by atoms with Crippen LogP contribution in [0.15, 0.2) is 72.8 Å². The van der Waals surface area contributed by atoms with Gasteiger partial charge < -0.3 is 14.8 Å². The van der Waals surface area contributed by atoms with Gasteiger partial charge in [-0.1, -0.05) is 30.3 Å². The molecule has 0 fully saturated rings. The topological polar surface area (TPSA) is 90.7 Å². The Morgan fingerprint density at radius 2 is 1.72 bits per heavy atom. The van der Waals surface area contributed by atoms with E-state index in [1.807, 2.05) is 30.3 Å². The minimum absolute atomic E-state index is 0.0196. The van der Waals surface area contributed by atoms with Gasteiger partial charge in [0.15, 0.2) is 6.61 Å². The second kappa shape index (κ2) is 9.36. The van der Waals surface area contributed by atoms with Crippen molar-refractivity contribution in [2.24, 2.45) is 0 Å². The molecule has 3 aromatic rings. The Kier molecular flexibility index (Phi) is 6.42. The molecule has 0 heterocycles. The largest absolute Gasteiger partial charge is 0.489 e. The van der Waals surface area contributed by atoms with Crippen molar-refractivity contribution in [2.75, 3.05) is 11.9 Å². The number of ether oxygens (including phenoxy) is 2. The van der Waals surface area contributed by atoms with Crippen molar-refractivity contribution in [3.8, 4) is 11.5 Å². The number of rotatable bonds is 8. The van der Waals surface area contributed by atoms with Crippen LogP contribution in [-0.2, 0) is 11.4 Å². The number of benzene rings is 3. The number of nitrogens with one attached hydrogen (secondary N) is 1. The van der Waals surface area contributed by atoms with Gasteiger partial charge in [0, 0.05) is 17.8 Å². The number of nitro groups is 1. The van der Waals surface area contributed by atoms with E-state index in [1.165, 1.54) is 18.2 Å². The minimum Gasteiger partial charge on any atom is -0.489 e. The molecule has 1 amide bonds. The predicted octanol–water partition coefficient (Wildman–Crippen LogP) is 4.50. The Morgan fingerprint density at radius 3 is 2.38 bits per heavy atom. The molecule has 7 nitrogen and oxygen atoms in total. The second-order valence-corrected chi connectivity index (χ2v) is 6.34. The molecule has 3 aromatic carbocycles. The molecule has 0 bridgehead atoms. The Morgan fingerprint density at radius 1 is 1.00 bits per heavy atom. The van der Waals surface area contributed by atoms with Gasteiger partial charge in [0.25, 0.3) is 11.6 Å². The van der Waals surface area contributed by atoms with Crippen molar-refractivity contribution in [1.29, 1.82) is 0 Å². The number of hydrogen-bond donors (Lipinski definition) is 1. The van der Waals surface area contributed by atoms with Crippen molar-refractivity contribution in [3.63, 3.8) is 0 Å². The summed E-state index contributed by atoms with van der Waals surface area (Å²) >= 11 is 0. The lowest BCUT2D eigenvalue weighted by Gasteiger charge is -2.10. The molecule has 0 aliphatic rings. The number of carbonyl (C=O) groups is 1. The van der Waals surface area contributed by atoms with Gasteiger partial charge in [-0.3, -0.25) is 14.9 Å². The molecule has 29 heavy (non-hydrogen) atoms. The molecule has 0 aliphatic heterocycles. The van der Waals surface area contributed by atoms with Crippen LogP contribution in [-0.4, -0.2) is 17.4 Å². The lowest BCUT2D eigenvalue weighted by molar-refractivity contribution is -0.384. The van der Waals surface area contributed by atoms with Crippen molar-refractivity contribution >= 4 is 17.3 Å². The summed E-state index contributed by atoms with van der Waals surface area (Å²) in [4.78, 5) is 22.4. The van der Waals surface area contributed by atoms with Crippen LogP contribution in [0.4, 0.5) is 11.4 Å². The van der Waals surface area contributed by atoms with Gasteiger partial charge in [-0.25, -0.2) is 0 Å². The van der Waals surface area contributed by atoms with E-state index in [4.69, 9.17) is 9.47 Å². The first-order valence-corrected chi connectivity index (χ1v) is 8.96. The van der Waals surface area contributed by atoms with Crippen molar-refractivity contribution < 1.29 is 19.2 Å². The number of nitro benzene ring substituents is 1. The van der Waals surface area contributed by atoms with E-state index < -0.39 is 4.92 Å². The highest BCUT2D eigenvalue weighted by Gasteiger charge is 2.10. The third kappa shape index (κ3) is 5.80. The zero-order valence-corrected chi connectivity index (χ0v) is 15.8. The number of hydrogen-bond acceptors (Lipinski definition) is 5. The molecule has 0 unspecified atom stereocenters. The molecule has 0 atom stereocenters. The summed E-state index contributed by atoms with van der Waals surface area (Å²) < 4.78 is 11.2. The van der Waals surface area contributed by atoms with E-state index in [9.17, 15) is 14.9 Å². The normalized spacial score (nSPS) is 10.2. The van der Waals surface area contributed by atoms with Gasteiger partial charge >= 0.3 is 0 Å². The predicted molar refractivity (Wildman–Crippen MR) is 109 cm³/mol. The Labute approximate surface area is 168 Å². The molecule has 3 rings (SSSR count). The summed E-state index contributed by atoms with van der Waals surface area (Å²) in [5, 5.41) is 13.5. The van der Waals surface area contributed by atoms with Gasteiger partial charge in [-0.05, 0) is 48.4 Å². The molecule has 148 valence electrons. The molecule has 0 aromatic heterocycles. The zero-order valence-electron chi connectivity index (χ0n) is 15.8.